The van der Waals surface area contributed by atoms with Gasteiger partial charge in [0.05, 0.1) is 11.6 Å². The fourth-order valence-electron chi connectivity index (χ4n) is 2.77. The van der Waals surface area contributed by atoms with Gasteiger partial charge in [0.25, 0.3) is 12.0 Å². The summed E-state index contributed by atoms with van der Waals surface area (Å²) in [6.07, 6.45) is -7.94. The van der Waals surface area contributed by atoms with Crippen LogP contribution in [0.25, 0.3) is 11.0 Å². The lowest BCUT2D eigenvalue weighted by Gasteiger charge is -2.15. The number of nitrogens with one attached hydrogen (secondary N) is 1. The monoisotopic (exact) mass is 390 g/mol. The first-order valence-corrected chi connectivity index (χ1v) is 7.64. The van der Waals surface area contributed by atoms with Crippen LogP contribution >= 0.6 is 0 Å². The Bertz CT molecular complexity index is 1070. The number of aromatic amines is 1. The Kier molecular flexibility index (Phi) is 4.48. The number of fused-ring (bicyclic) bond motifs is 1. The lowest BCUT2D eigenvalue weighted by atomic mass is 10.1. The van der Waals surface area contributed by atoms with Crippen LogP contribution in [0.3, 0.4) is 0 Å². The summed E-state index contributed by atoms with van der Waals surface area (Å²) in [5, 5.41) is 3.29. The molecule has 2 heterocycles. The Hall–Kier alpha value is -2.85. The molecular weight excluding hydrogens is 378 g/mol. The van der Waals surface area contributed by atoms with Crippen LogP contribution in [0.1, 0.15) is 42.0 Å². The summed E-state index contributed by atoms with van der Waals surface area (Å²) in [6.45, 7) is 2.85. The molecule has 0 aliphatic heterocycles. The lowest BCUT2D eigenvalue weighted by molar-refractivity contribution is -0.140. The number of hydrogen-bond donors (Lipinski definition) is 1. The molecule has 3 rings (SSSR count). The van der Waals surface area contributed by atoms with Gasteiger partial charge in [-0.05, 0) is 31.5 Å². The molecule has 0 aliphatic rings. The van der Waals surface area contributed by atoms with Crippen LogP contribution in [0.5, 0.6) is 0 Å². The average Bonchev–Trinajstić information content (AvgIpc) is 2.92. The first-order chi connectivity index (χ1) is 12.5. The third kappa shape index (κ3) is 3.28. The van der Waals surface area contributed by atoms with Crippen molar-refractivity contribution in [1.82, 2.24) is 19.7 Å². The smallest absolute Gasteiger partial charge is 0.310 e. The highest BCUT2D eigenvalue weighted by atomic mass is 19.4. The highest BCUT2D eigenvalue weighted by molar-refractivity contribution is 5.77. The molecule has 0 saturated carbocycles. The van der Waals surface area contributed by atoms with Crippen LogP contribution in [0.15, 0.2) is 23.0 Å². The Balaban J connectivity index is 2.18. The van der Waals surface area contributed by atoms with E-state index in [0.717, 1.165) is 10.7 Å². The van der Waals surface area contributed by atoms with Gasteiger partial charge < -0.3 is 4.98 Å². The van der Waals surface area contributed by atoms with Crippen LogP contribution in [0.4, 0.5) is 26.3 Å². The van der Waals surface area contributed by atoms with E-state index in [0.29, 0.717) is 12.1 Å². The number of rotatable bonds is 3. The predicted molar refractivity (Wildman–Crippen MR) is 83.1 cm³/mol. The molecule has 1 N–H and O–H groups in total. The normalized spacial score (nSPS) is 13.5. The van der Waals surface area contributed by atoms with Crippen molar-refractivity contribution in [3.63, 3.8) is 0 Å². The van der Waals surface area contributed by atoms with Crippen LogP contribution < -0.4 is 5.56 Å². The van der Waals surface area contributed by atoms with E-state index < -0.39 is 46.7 Å². The topological polar surface area (TPSA) is 63.6 Å². The van der Waals surface area contributed by atoms with Crippen molar-refractivity contribution in [3.8, 4) is 0 Å². The number of hydrogen-bond acceptors (Lipinski definition) is 3. The van der Waals surface area contributed by atoms with Gasteiger partial charge in [-0.25, -0.2) is 22.8 Å². The van der Waals surface area contributed by atoms with Crippen LogP contribution in [0.2, 0.25) is 0 Å². The zero-order valence-corrected chi connectivity index (χ0v) is 13.9. The molecule has 0 saturated heterocycles. The summed E-state index contributed by atoms with van der Waals surface area (Å²) in [5.74, 6) is -1.36. The molecule has 11 heteroatoms. The zero-order chi connectivity index (χ0) is 20.1. The van der Waals surface area contributed by atoms with Gasteiger partial charge in [-0.2, -0.15) is 18.3 Å². The van der Waals surface area contributed by atoms with E-state index in [-0.39, 0.29) is 17.0 Å². The Morgan fingerprint density at radius 2 is 1.89 bits per heavy atom. The molecule has 2 aromatic heterocycles. The Labute approximate surface area is 147 Å². The maximum Gasteiger partial charge on any atom is 0.419 e. The molecule has 0 radical (unpaired) electrons. The van der Waals surface area contributed by atoms with Crippen LogP contribution in [-0.4, -0.2) is 19.7 Å². The third-order valence-corrected chi connectivity index (χ3v) is 4.06. The first-order valence-electron chi connectivity index (χ1n) is 7.64. The Morgan fingerprint density at radius 1 is 1.22 bits per heavy atom. The second-order valence-electron chi connectivity index (χ2n) is 5.89. The molecular formula is C16H12F6N4O. The van der Waals surface area contributed by atoms with Gasteiger partial charge in [0.15, 0.2) is 5.65 Å². The Morgan fingerprint density at radius 3 is 2.44 bits per heavy atom. The molecule has 5 nitrogen and oxygen atoms in total. The van der Waals surface area contributed by atoms with Crippen molar-refractivity contribution >= 4 is 11.0 Å². The number of H-pyrrole nitrogens is 1. The van der Waals surface area contributed by atoms with Crippen molar-refractivity contribution < 1.29 is 26.3 Å². The number of alkyl halides is 5. The van der Waals surface area contributed by atoms with Gasteiger partial charge in [0, 0.05) is 0 Å². The van der Waals surface area contributed by atoms with E-state index in [9.17, 15) is 31.1 Å². The van der Waals surface area contributed by atoms with Gasteiger partial charge in [0.2, 0.25) is 0 Å². The summed E-state index contributed by atoms with van der Waals surface area (Å²) in [4.78, 5) is 18.3. The summed E-state index contributed by atoms with van der Waals surface area (Å²) >= 11 is 0. The minimum absolute atomic E-state index is 0.0467. The van der Waals surface area contributed by atoms with Crippen molar-refractivity contribution in [2.24, 2.45) is 0 Å². The molecule has 0 bridgehead atoms. The highest BCUT2D eigenvalue weighted by Gasteiger charge is 2.34. The average molecular weight is 390 g/mol. The van der Waals surface area contributed by atoms with Crippen molar-refractivity contribution in [2.75, 3.05) is 0 Å². The molecule has 1 atom stereocenters. The second-order valence-corrected chi connectivity index (χ2v) is 5.89. The van der Waals surface area contributed by atoms with Crippen molar-refractivity contribution in [2.45, 2.75) is 32.5 Å². The molecule has 3 aromatic rings. The molecule has 144 valence electrons. The van der Waals surface area contributed by atoms with Crippen molar-refractivity contribution in [1.29, 1.82) is 0 Å². The SMILES string of the molecule is Cc1nc2c(c(C(F)F)nn2C(C)c2ccc(C(F)(F)F)c(F)c2)c(=O)[nH]1. The largest absolute Gasteiger partial charge is 0.419 e. The van der Waals surface area contributed by atoms with E-state index in [1.165, 1.54) is 13.8 Å². The number of nitrogens with zero attached hydrogens (tertiary/aromatic N) is 3. The van der Waals surface area contributed by atoms with Crippen LogP contribution in [-0.2, 0) is 6.18 Å². The van der Waals surface area contributed by atoms with E-state index >= 15 is 0 Å². The van der Waals surface area contributed by atoms with Gasteiger partial charge in [-0.15, -0.1) is 0 Å². The van der Waals surface area contributed by atoms with Gasteiger partial charge >= 0.3 is 6.18 Å². The highest BCUT2D eigenvalue weighted by Crippen LogP contribution is 2.34. The van der Waals surface area contributed by atoms with Crippen LogP contribution in [0, 0.1) is 12.7 Å². The maximum absolute atomic E-state index is 13.9. The molecule has 1 aromatic carbocycles. The lowest BCUT2D eigenvalue weighted by Crippen LogP contribution is -2.14. The number of aromatic nitrogens is 4. The predicted octanol–water partition coefficient (Wildman–Crippen LogP) is 4.13. The minimum atomic E-state index is -4.86. The quantitative estimate of drug-likeness (QED) is 0.684. The number of benzene rings is 1. The molecule has 0 fully saturated rings. The summed E-state index contributed by atoms with van der Waals surface area (Å²) in [6, 6.07) is 1.28. The fourth-order valence-corrected chi connectivity index (χ4v) is 2.77. The summed E-state index contributed by atoms with van der Waals surface area (Å²) in [7, 11) is 0. The molecule has 0 amide bonds. The molecule has 0 aliphatic carbocycles. The number of halogens is 6. The van der Waals surface area contributed by atoms with E-state index in [1.54, 1.807) is 0 Å². The fraction of sp³-hybridized carbons (Fsp3) is 0.312. The van der Waals surface area contributed by atoms with E-state index in [4.69, 9.17) is 0 Å². The summed E-state index contributed by atoms with van der Waals surface area (Å²) in [5.41, 5.74) is -3.19. The van der Waals surface area contributed by atoms with E-state index in [2.05, 4.69) is 15.1 Å². The maximum atomic E-state index is 13.9. The first kappa shape index (κ1) is 18.9. The summed E-state index contributed by atoms with van der Waals surface area (Å²) < 4.78 is 79.5. The van der Waals surface area contributed by atoms with E-state index in [1.807, 2.05) is 0 Å². The number of aryl methyl sites for hydroxylation is 1. The molecule has 0 spiro atoms. The van der Waals surface area contributed by atoms with Gasteiger partial charge in [-0.3, -0.25) is 4.79 Å². The molecule has 1 unspecified atom stereocenters. The third-order valence-electron chi connectivity index (χ3n) is 4.06. The second kappa shape index (κ2) is 6.39. The minimum Gasteiger partial charge on any atom is -0.310 e. The molecule has 27 heavy (non-hydrogen) atoms. The van der Waals surface area contributed by atoms with Gasteiger partial charge in [0.1, 0.15) is 22.7 Å². The van der Waals surface area contributed by atoms with Crippen molar-refractivity contribution in [3.05, 3.63) is 57.0 Å². The van der Waals surface area contributed by atoms with Gasteiger partial charge in [-0.1, -0.05) is 6.07 Å². The zero-order valence-electron chi connectivity index (χ0n) is 13.9. The standard InChI is InChI=1S/C16H12F6N4O/c1-6(8-3-4-9(10(17)5-8)16(20,21)22)26-14-11(12(25-26)13(18)19)15(27)24-7(2)23-14/h3-6,13H,1-2H3,(H,23,24,27).